The summed E-state index contributed by atoms with van der Waals surface area (Å²) in [6, 6.07) is 0. The largest absolute Gasteiger partial charge is 0.342 e. The van der Waals surface area contributed by atoms with E-state index in [0.29, 0.717) is 18.2 Å². The first-order chi connectivity index (χ1) is 13.7. The molecule has 0 aromatic carbocycles. The van der Waals surface area contributed by atoms with Crippen molar-refractivity contribution >= 4 is 23.6 Å². The van der Waals surface area contributed by atoms with Gasteiger partial charge in [0.1, 0.15) is 0 Å². The Morgan fingerprint density at radius 3 is 2.25 bits per heavy atom. The first-order valence-corrected chi connectivity index (χ1v) is 12.9. The van der Waals surface area contributed by atoms with Gasteiger partial charge in [0.25, 0.3) is 0 Å². The number of nitrogens with zero attached hydrogens (tertiary/aromatic N) is 2. The fourth-order valence-corrected chi connectivity index (χ4v) is 6.69. The Balaban J connectivity index is 1.39. The van der Waals surface area contributed by atoms with E-state index in [-0.39, 0.29) is 10.8 Å². The fraction of sp³-hybridized carbons (Fsp3) is 0.913. The quantitative estimate of drug-likeness (QED) is 0.492. The van der Waals surface area contributed by atoms with Crippen LogP contribution < -0.4 is 0 Å². The number of hydrogen-bond acceptors (Lipinski definition) is 3. The van der Waals surface area contributed by atoms with Gasteiger partial charge in [0, 0.05) is 37.7 Å². The Morgan fingerprint density at radius 1 is 0.929 bits per heavy atom. The molecule has 2 saturated heterocycles. The predicted molar refractivity (Wildman–Crippen MR) is 117 cm³/mol. The molecule has 28 heavy (non-hydrogen) atoms. The second kappa shape index (κ2) is 10.9. The zero-order valence-electron chi connectivity index (χ0n) is 17.9. The van der Waals surface area contributed by atoms with Gasteiger partial charge in [-0.15, -0.1) is 11.8 Å². The molecule has 1 aliphatic carbocycles. The van der Waals surface area contributed by atoms with E-state index >= 15 is 0 Å². The Bertz CT molecular complexity index is 511. The van der Waals surface area contributed by atoms with E-state index in [2.05, 4.69) is 16.7 Å². The summed E-state index contributed by atoms with van der Waals surface area (Å²) in [5, 5.41) is 0. The van der Waals surface area contributed by atoms with Crippen LogP contribution in [0.3, 0.4) is 0 Å². The Morgan fingerprint density at radius 2 is 1.57 bits per heavy atom. The Kier molecular flexibility index (Phi) is 8.55. The monoisotopic (exact) mass is 408 g/mol. The first-order valence-electron chi connectivity index (χ1n) is 11.9. The summed E-state index contributed by atoms with van der Waals surface area (Å²) < 4.78 is 0. The minimum Gasteiger partial charge on any atom is -0.342 e. The molecule has 160 valence electrons. The normalized spacial score (nSPS) is 22.3. The van der Waals surface area contributed by atoms with Crippen LogP contribution in [0.1, 0.15) is 96.8 Å². The molecule has 0 atom stereocenters. The van der Waals surface area contributed by atoms with E-state index in [1.807, 2.05) is 11.8 Å². The minimum absolute atomic E-state index is 0.0181. The van der Waals surface area contributed by atoms with Crippen LogP contribution in [0.4, 0.5) is 0 Å². The molecule has 3 rings (SSSR count). The third-order valence-corrected chi connectivity index (χ3v) is 8.59. The molecule has 0 aromatic rings. The zero-order valence-corrected chi connectivity index (χ0v) is 18.7. The van der Waals surface area contributed by atoms with Crippen molar-refractivity contribution < 1.29 is 9.59 Å². The summed E-state index contributed by atoms with van der Waals surface area (Å²) in [5.74, 6) is 2.07. The number of carbonyl (C=O) groups excluding carboxylic acids is 2. The molecule has 0 N–H and O–H groups in total. The maximum Gasteiger partial charge on any atom is 0.226 e. The summed E-state index contributed by atoms with van der Waals surface area (Å²) in [4.78, 5) is 29.9. The maximum absolute atomic E-state index is 13.0. The molecule has 4 nitrogen and oxygen atoms in total. The van der Waals surface area contributed by atoms with Gasteiger partial charge in [0.2, 0.25) is 11.8 Å². The lowest BCUT2D eigenvalue weighted by molar-refractivity contribution is -0.140. The van der Waals surface area contributed by atoms with Crippen LogP contribution in [0, 0.1) is 5.92 Å². The van der Waals surface area contributed by atoms with Crippen LogP contribution in [0.2, 0.25) is 0 Å². The van der Waals surface area contributed by atoms with Crippen LogP contribution >= 0.6 is 11.8 Å². The number of likely N-dealkylation sites (tertiary alicyclic amines) is 1. The van der Waals surface area contributed by atoms with Gasteiger partial charge in [0.05, 0.1) is 4.87 Å². The lowest BCUT2D eigenvalue weighted by atomic mass is 9.98. The van der Waals surface area contributed by atoms with Crippen LogP contribution in [0.25, 0.3) is 0 Å². The average Bonchev–Trinajstić information content (AvgIpc) is 3.38. The minimum atomic E-state index is -0.0181. The topological polar surface area (TPSA) is 40.6 Å². The highest BCUT2D eigenvalue weighted by molar-refractivity contribution is 8.00. The third-order valence-electron chi connectivity index (χ3n) is 7.04. The van der Waals surface area contributed by atoms with E-state index in [4.69, 9.17) is 0 Å². The predicted octanol–water partition coefficient (Wildman–Crippen LogP) is 5.21. The van der Waals surface area contributed by atoms with E-state index < -0.39 is 0 Å². The van der Waals surface area contributed by atoms with Crippen LogP contribution in [-0.4, -0.2) is 51.9 Å². The molecule has 0 aromatic heterocycles. The Labute approximate surface area is 176 Å². The Hall–Kier alpha value is -0.710. The van der Waals surface area contributed by atoms with Gasteiger partial charge in [-0.25, -0.2) is 0 Å². The number of piperidine rings is 1. The number of thioether (sulfide) groups is 1. The number of carbonyl (C=O) groups is 2. The van der Waals surface area contributed by atoms with Crippen molar-refractivity contribution in [1.82, 2.24) is 9.80 Å². The number of unbranched alkanes of at least 4 members (excludes halogenated alkanes) is 6. The molecule has 1 spiro atoms. The summed E-state index contributed by atoms with van der Waals surface area (Å²) >= 11 is 1.97. The number of rotatable bonds is 9. The molecular formula is C23H40N2O2S. The summed E-state index contributed by atoms with van der Waals surface area (Å²) in [5.41, 5.74) is 0. The molecule has 1 saturated carbocycles. The summed E-state index contributed by atoms with van der Waals surface area (Å²) in [6.07, 6.45) is 16.0. The van der Waals surface area contributed by atoms with Crippen molar-refractivity contribution in [1.29, 1.82) is 0 Å². The second-order valence-electron chi connectivity index (χ2n) is 9.02. The molecule has 5 heteroatoms. The van der Waals surface area contributed by atoms with Gasteiger partial charge >= 0.3 is 0 Å². The smallest absolute Gasteiger partial charge is 0.226 e. The van der Waals surface area contributed by atoms with Crippen molar-refractivity contribution in [2.75, 3.05) is 25.4 Å². The van der Waals surface area contributed by atoms with Gasteiger partial charge < -0.3 is 9.80 Å². The summed E-state index contributed by atoms with van der Waals surface area (Å²) in [6.45, 7) is 4.81. The molecule has 0 bridgehead atoms. The highest BCUT2D eigenvalue weighted by atomic mass is 32.2. The van der Waals surface area contributed by atoms with Crippen LogP contribution in [0.5, 0.6) is 0 Å². The van der Waals surface area contributed by atoms with Crippen molar-refractivity contribution in [3.8, 4) is 0 Å². The number of hydrogen-bond donors (Lipinski definition) is 0. The van der Waals surface area contributed by atoms with Gasteiger partial charge in [-0.3, -0.25) is 9.59 Å². The highest BCUT2D eigenvalue weighted by Crippen LogP contribution is 2.45. The number of amides is 2. The van der Waals surface area contributed by atoms with E-state index in [1.54, 1.807) is 0 Å². The van der Waals surface area contributed by atoms with Gasteiger partial charge in [-0.2, -0.15) is 0 Å². The molecule has 3 fully saturated rings. The standard InChI is InChI=1S/C23H40N2O2S/c1-2-3-4-5-6-7-8-13-21(26)24-16-14-23(15-17-24)25(18-19-28-23)22(27)20-11-9-10-12-20/h20H,2-19H2,1H3. The molecule has 2 aliphatic heterocycles. The fourth-order valence-electron chi connectivity index (χ4n) is 5.22. The van der Waals surface area contributed by atoms with E-state index in [1.165, 1.54) is 51.4 Å². The SMILES string of the molecule is CCCCCCCCCC(=O)N1CCC2(CC1)SCCN2C(=O)C1CCCC1. The van der Waals surface area contributed by atoms with E-state index in [0.717, 1.165) is 57.5 Å². The average molecular weight is 409 g/mol. The van der Waals surface area contributed by atoms with Crippen molar-refractivity contribution in [3.05, 3.63) is 0 Å². The van der Waals surface area contributed by atoms with Crippen LogP contribution in [0.15, 0.2) is 0 Å². The van der Waals surface area contributed by atoms with Gasteiger partial charge in [-0.1, -0.05) is 58.3 Å². The first kappa shape index (κ1) is 22.0. The molecule has 0 radical (unpaired) electrons. The lowest BCUT2D eigenvalue weighted by Crippen LogP contribution is -2.54. The van der Waals surface area contributed by atoms with Crippen molar-refractivity contribution in [2.24, 2.45) is 5.92 Å². The summed E-state index contributed by atoms with van der Waals surface area (Å²) in [7, 11) is 0. The second-order valence-corrected chi connectivity index (χ2v) is 10.5. The zero-order chi connectivity index (χ0) is 19.8. The third kappa shape index (κ3) is 5.46. The molecule has 3 aliphatic rings. The molecular weight excluding hydrogens is 368 g/mol. The highest BCUT2D eigenvalue weighted by Gasteiger charge is 2.48. The van der Waals surface area contributed by atoms with Crippen molar-refractivity contribution in [2.45, 2.75) is 102 Å². The van der Waals surface area contributed by atoms with Crippen molar-refractivity contribution in [3.63, 3.8) is 0 Å². The molecule has 2 heterocycles. The lowest BCUT2D eigenvalue weighted by Gasteiger charge is -2.44. The maximum atomic E-state index is 13.0. The molecule has 0 unspecified atom stereocenters. The molecule has 2 amide bonds. The van der Waals surface area contributed by atoms with Gasteiger partial charge in [0.15, 0.2) is 0 Å². The van der Waals surface area contributed by atoms with E-state index in [9.17, 15) is 9.59 Å². The van der Waals surface area contributed by atoms with Gasteiger partial charge in [-0.05, 0) is 32.1 Å². The van der Waals surface area contributed by atoms with Crippen LogP contribution in [-0.2, 0) is 9.59 Å².